The van der Waals surface area contributed by atoms with Crippen molar-refractivity contribution in [3.05, 3.63) is 28.7 Å². The van der Waals surface area contributed by atoms with Crippen LogP contribution in [0.4, 0.5) is 5.69 Å². The molecule has 1 saturated heterocycles. The second kappa shape index (κ2) is 6.38. The fraction of sp³-hybridized carbons (Fsp3) is 0.467. The number of amides is 1. The highest BCUT2D eigenvalue weighted by molar-refractivity contribution is 9.10. The standard InChI is InChI=1S/C15H18BrN3O/c1-11-9-18(2)14(6-7-17)15(20)19(10-11)13-5-3-4-12(16)8-13/h3-5,8,11,14H,6,9-10H2,1-2H3. The number of hydrogen-bond acceptors (Lipinski definition) is 3. The van der Waals surface area contributed by atoms with Crippen molar-refractivity contribution < 1.29 is 4.79 Å². The van der Waals surface area contributed by atoms with Gasteiger partial charge in [0.25, 0.3) is 0 Å². The first-order valence-electron chi connectivity index (χ1n) is 6.67. The molecule has 2 atom stereocenters. The lowest BCUT2D eigenvalue weighted by atomic mass is 10.1. The van der Waals surface area contributed by atoms with Gasteiger partial charge in [0.15, 0.2) is 0 Å². The van der Waals surface area contributed by atoms with Crippen molar-refractivity contribution in [1.29, 1.82) is 5.26 Å². The number of rotatable bonds is 2. The van der Waals surface area contributed by atoms with Crippen LogP contribution < -0.4 is 4.90 Å². The number of carbonyl (C=O) groups is 1. The first kappa shape index (κ1) is 15.0. The predicted octanol–water partition coefficient (Wildman–Crippen LogP) is 2.65. The lowest BCUT2D eigenvalue weighted by molar-refractivity contribution is -0.122. The van der Waals surface area contributed by atoms with Gasteiger partial charge in [-0.2, -0.15) is 5.26 Å². The maximum Gasteiger partial charge on any atom is 0.245 e. The van der Waals surface area contributed by atoms with Gasteiger partial charge in [-0.25, -0.2) is 0 Å². The minimum atomic E-state index is -0.357. The largest absolute Gasteiger partial charge is 0.311 e. The van der Waals surface area contributed by atoms with E-state index in [0.29, 0.717) is 12.5 Å². The van der Waals surface area contributed by atoms with Gasteiger partial charge < -0.3 is 4.90 Å². The average molecular weight is 336 g/mol. The van der Waals surface area contributed by atoms with E-state index in [-0.39, 0.29) is 18.4 Å². The number of benzene rings is 1. The molecule has 1 aliphatic rings. The highest BCUT2D eigenvalue weighted by Crippen LogP contribution is 2.25. The number of hydrogen-bond donors (Lipinski definition) is 0. The average Bonchev–Trinajstić information content (AvgIpc) is 2.50. The second-order valence-electron chi connectivity index (χ2n) is 5.35. The summed E-state index contributed by atoms with van der Waals surface area (Å²) >= 11 is 3.44. The minimum absolute atomic E-state index is 0.0106. The zero-order chi connectivity index (χ0) is 14.7. The molecule has 0 bridgehead atoms. The SMILES string of the molecule is CC1CN(c2cccc(Br)c2)C(=O)C(CC#N)N(C)C1. The highest BCUT2D eigenvalue weighted by atomic mass is 79.9. The Morgan fingerprint density at radius 3 is 2.85 bits per heavy atom. The summed E-state index contributed by atoms with van der Waals surface area (Å²) in [7, 11) is 1.92. The normalized spacial score (nSPS) is 24.3. The molecule has 1 amide bonds. The second-order valence-corrected chi connectivity index (χ2v) is 6.27. The summed E-state index contributed by atoms with van der Waals surface area (Å²) in [5, 5.41) is 8.96. The summed E-state index contributed by atoms with van der Waals surface area (Å²) in [6.45, 7) is 3.63. The zero-order valence-electron chi connectivity index (χ0n) is 11.7. The van der Waals surface area contributed by atoms with Crippen molar-refractivity contribution in [1.82, 2.24) is 4.90 Å². The summed E-state index contributed by atoms with van der Waals surface area (Å²) in [5.74, 6) is 0.378. The van der Waals surface area contributed by atoms with Crippen LogP contribution in [0.2, 0.25) is 0 Å². The van der Waals surface area contributed by atoms with Gasteiger partial charge in [0.1, 0.15) is 6.04 Å². The van der Waals surface area contributed by atoms with Crippen molar-refractivity contribution >= 4 is 27.5 Å². The van der Waals surface area contributed by atoms with E-state index in [1.165, 1.54) is 0 Å². The van der Waals surface area contributed by atoms with E-state index in [4.69, 9.17) is 5.26 Å². The van der Waals surface area contributed by atoms with Crippen LogP contribution in [0.5, 0.6) is 0 Å². The van der Waals surface area contributed by atoms with Crippen molar-refractivity contribution in [2.75, 3.05) is 25.0 Å². The van der Waals surface area contributed by atoms with Gasteiger partial charge in [0.05, 0.1) is 12.5 Å². The van der Waals surface area contributed by atoms with Gasteiger partial charge in [-0.1, -0.05) is 28.9 Å². The quantitative estimate of drug-likeness (QED) is 0.834. The van der Waals surface area contributed by atoms with E-state index in [1.807, 2.05) is 36.2 Å². The molecular formula is C15H18BrN3O. The molecule has 0 aliphatic carbocycles. The molecule has 4 nitrogen and oxygen atoms in total. The Kier molecular flexibility index (Phi) is 4.79. The fourth-order valence-electron chi connectivity index (χ4n) is 2.65. The van der Waals surface area contributed by atoms with Crippen LogP contribution in [0.15, 0.2) is 28.7 Å². The number of halogens is 1. The first-order chi connectivity index (χ1) is 9.52. The number of anilines is 1. The van der Waals surface area contributed by atoms with Gasteiger partial charge in [-0.05, 0) is 31.2 Å². The molecule has 1 fully saturated rings. The molecule has 0 saturated carbocycles. The number of carbonyl (C=O) groups excluding carboxylic acids is 1. The molecule has 2 unspecified atom stereocenters. The lowest BCUT2D eigenvalue weighted by Crippen LogP contribution is -2.44. The van der Waals surface area contributed by atoms with Crippen LogP contribution in [0, 0.1) is 17.2 Å². The van der Waals surface area contributed by atoms with Crippen molar-refractivity contribution in [2.45, 2.75) is 19.4 Å². The third kappa shape index (κ3) is 3.20. The lowest BCUT2D eigenvalue weighted by Gasteiger charge is -2.26. The van der Waals surface area contributed by atoms with E-state index in [0.717, 1.165) is 16.7 Å². The number of nitriles is 1. The third-order valence-corrected chi connectivity index (χ3v) is 4.07. The van der Waals surface area contributed by atoms with E-state index in [1.54, 1.807) is 4.90 Å². The first-order valence-corrected chi connectivity index (χ1v) is 7.46. The summed E-state index contributed by atoms with van der Waals surface area (Å²) in [6, 6.07) is 9.51. The molecular weight excluding hydrogens is 318 g/mol. The van der Waals surface area contributed by atoms with Gasteiger partial charge in [0, 0.05) is 23.2 Å². The van der Waals surface area contributed by atoms with E-state index in [2.05, 4.69) is 28.9 Å². The maximum atomic E-state index is 12.7. The molecule has 1 heterocycles. The summed E-state index contributed by atoms with van der Waals surface area (Å²) < 4.78 is 0.949. The number of likely N-dealkylation sites (N-methyl/N-ethyl adjacent to an activating group) is 1. The minimum Gasteiger partial charge on any atom is -0.311 e. The molecule has 0 N–H and O–H groups in total. The molecule has 0 spiro atoms. The highest BCUT2D eigenvalue weighted by Gasteiger charge is 2.33. The Hall–Kier alpha value is -1.38. The van der Waals surface area contributed by atoms with E-state index >= 15 is 0 Å². The van der Waals surface area contributed by atoms with Crippen molar-refractivity contribution in [2.24, 2.45) is 5.92 Å². The fourth-order valence-corrected chi connectivity index (χ4v) is 3.04. The summed E-state index contributed by atoms with van der Waals surface area (Å²) in [4.78, 5) is 16.5. The van der Waals surface area contributed by atoms with Crippen LogP contribution >= 0.6 is 15.9 Å². The summed E-state index contributed by atoms with van der Waals surface area (Å²) in [5.41, 5.74) is 0.884. The Labute approximate surface area is 128 Å². The molecule has 20 heavy (non-hydrogen) atoms. The van der Waals surface area contributed by atoms with Crippen LogP contribution in [0.3, 0.4) is 0 Å². The molecule has 1 aliphatic heterocycles. The Balaban J connectivity index is 2.35. The topological polar surface area (TPSA) is 47.3 Å². The smallest absolute Gasteiger partial charge is 0.245 e. The molecule has 1 aromatic rings. The van der Waals surface area contributed by atoms with Gasteiger partial charge >= 0.3 is 0 Å². The molecule has 0 radical (unpaired) electrons. The van der Waals surface area contributed by atoms with Gasteiger partial charge in [-0.15, -0.1) is 0 Å². The Bertz CT molecular complexity index is 540. The molecule has 2 rings (SSSR count). The van der Waals surface area contributed by atoms with Gasteiger partial charge in [0.2, 0.25) is 5.91 Å². The van der Waals surface area contributed by atoms with Crippen LogP contribution in [0.25, 0.3) is 0 Å². The predicted molar refractivity (Wildman–Crippen MR) is 82.3 cm³/mol. The van der Waals surface area contributed by atoms with Crippen molar-refractivity contribution in [3.8, 4) is 6.07 Å². The number of nitrogens with zero attached hydrogens (tertiary/aromatic N) is 3. The van der Waals surface area contributed by atoms with Crippen LogP contribution in [-0.2, 0) is 4.79 Å². The molecule has 1 aromatic carbocycles. The monoisotopic (exact) mass is 335 g/mol. The third-order valence-electron chi connectivity index (χ3n) is 3.58. The Morgan fingerprint density at radius 2 is 2.20 bits per heavy atom. The van der Waals surface area contributed by atoms with E-state index in [9.17, 15) is 4.79 Å². The molecule has 106 valence electrons. The molecule has 5 heteroatoms. The van der Waals surface area contributed by atoms with Crippen molar-refractivity contribution in [3.63, 3.8) is 0 Å². The zero-order valence-corrected chi connectivity index (χ0v) is 13.3. The van der Waals surface area contributed by atoms with Crippen LogP contribution in [0.1, 0.15) is 13.3 Å². The Morgan fingerprint density at radius 1 is 1.45 bits per heavy atom. The molecule has 0 aromatic heterocycles. The summed E-state index contributed by atoms with van der Waals surface area (Å²) in [6.07, 6.45) is 0.229. The van der Waals surface area contributed by atoms with Crippen LogP contribution in [-0.4, -0.2) is 37.0 Å². The van der Waals surface area contributed by atoms with Gasteiger partial charge in [-0.3, -0.25) is 9.69 Å². The maximum absolute atomic E-state index is 12.7. The van der Waals surface area contributed by atoms with E-state index < -0.39 is 0 Å².